The standard InChI is InChI=1S/3CHF3O3S.Dy.H2O/c3*2-1(3,4)8(5,6)7;;/h3*(H,5,6,7);;1H2/q;;;+3;/p-3. The Labute approximate surface area is 168 Å². The maximum atomic E-state index is 10.7. The number of halogens is 9. The van der Waals surface area contributed by atoms with Gasteiger partial charge < -0.3 is 19.1 Å². The van der Waals surface area contributed by atoms with Crippen LogP contribution in [0.2, 0.25) is 0 Å². The molecule has 165 valence electrons. The summed E-state index contributed by atoms with van der Waals surface area (Å²) in [5.74, 6) is 0. The second-order valence-electron chi connectivity index (χ2n) is 2.70. The van der Waals surface area contributed by atoms with Crippen molar-refractivity contribution in [2.75, 3.05) is 0 Å². The first-order chi connectivity index (χ1) is 9.75. The molecule has 0 saturated heterocycles. The first kappa shape index (κ1) is 37.1. The Kier molecular flexibility index (Phi) is 16.2. The number of hydrogen-bond donors (Lipinski definition) is 0. The smallest absolute Gasteiger partial charge is 0.741 e. The van der Waals surface area contributed by atoms with Crippen molar-refractivity contribution < 1.29 is 122 Å². The van der Waals surface area contributed by atoms with Crippen molar-refractivity contribution in [3.8, 4) is 0 Å². The average Bonchev–Trinajstić information content (AvgIpc) is 2.08. The van der Waals surface area contributed by atoms with Crippen molar-refractivity contribution in [1.82, 2.24) is 0 Å². The van der Waals surface area contributed by atoms with Gasteiger partial charge in [0, 0.05) is 0 Å². The third-order valence-electron chi connectivity index (χ3n) is 0.850. The summed E-state index contributed by atoms with van der Waals surface area (Å²) in [7, 11) is -18.3. The maximum Gasteiger partial charge on any atom is 3.00 e. The van der Waals surface area contributed by atoms with Gasteiger partial charge in [0.25, 0.3) is 0 Å². The predicted octanol–water partition coefficient (Wildman–Crippen LogP) is -0.670. The average molecular weight is 628 g/mol. The van der Waals surface area contributed by atoms with E-state index < -0.39 is 46.9 Å². The third-order valence-corrected chi connectivity index (χ3v) is 2.55. The first-order valence-corrected chi connectivity index (χ1v) is 8.04. The van der Waals surface area contributed by atoms with Crippen LogP contribution in [0.15, 0.2) is 0 Å². The summed E-state index contributed by atoms with van der Waals surface area (Å²) >= 11 is 0. The quantitative estimate of drug-likeness (QED) is 0.190. The fourth-order valence-corrected chi connectivity index (χ4v) is 0. The molecule has 0 heterocycles. The van der Waals surface area contributed by atoms with Gasteiger partial charge in [-0.2, -0.15) is 39.5 Å². The molecule has 0 rings (SSSR count). The molecular weight excluding hydrogens is 626 g/mol. The number of hydrogen-bond acceptors (Lipinski definition) is 9. The van der Waals surface area contributed by atoms with Gasteiger partial charge in [0.15, 0.2) is 30.4 Å². The molecule has 1 radical (unpaired) electrons. The van der Waals surface area contributed by atoms with Gasteiger partial charge in [-0.25, -0.2) is 25.3 Å². The summed E-state index contributed by atoms with van der Waals surface area (Å²) < 4.78 is 177. The fraction of sp³-hybridized carbons (Fsp3) is 1.00. The van der Waals surface area contributed by atoms with E-state index >= 15 is 0 Å². The largest absolute Gasteiger partial charge is 3.00 e. The normalized spacial score (nSPS) is 12.9. The molecule has 0 unspecified atom stereocenters. The topological polar surface area (TPSA) is 203 Å². The Morgan fingerprint density at radius 2 is 0.500 bits per heavy atom. The van der Waals surface area contributed by atoms with E-state index in [2.05, 4.69) is 0 Å². The van der Waals surface area contributed by atoms with Gasteiger partial charge in [-0.05, 0) is 0 Å². The van der Waals surface area contributed by atoms with Gasteiger partial charge in [-0.15, -0.1) is 0 Å². The molecule has 10 nitrogen and oxygen atoms in total. The molecule has 0 aromatic carbocycles. The fourth-order valence-electron chi connectivity index (χ4n) is 0. The van der Waals surface area contributed by atoms with Gasteiger partial charge >= 0.3 is 54.7 Å². The summed E-state index contributed by atoms with van der Waals surface area (Å²) in [6.07, 6.45) is 0. The monoisotopic (exact) mass is 629 g/mol. The van der Waals surface area contributed by atoms with Crippen molar-refractivity contribution in [3.05, 3.63) is 0 Å². The van der Waals surface area contributed by atoms with Crippen molar-refractivity contribution in [2.45, 2.75) is 16.5 Å². The Hall–Kier alpha value is 0.333. The summed E-state index contributed by atoms with van der Waals surface area (Å²) in [6.45, 7) is 0. The van der Waals surface area contributed by atoms with Crippen LogP contribution < -0.4 is 0 Å². The van der Waals surface area contributed by atoms with Gasteiger partial charge in [0.1, 0.15) is 0 Å². The zero-order valence-corrected chi connectivity index (χ0v) is 15.1. The van der Waals surface area contributed by atoms with Crippen LogP contribution >= 0.6 is 0 Å². The van der Waals surface area contributed by atoms with Crippen LogP contribution in [0.5, 0.6) is 0 Å². The molecule has 0 aliphatic rings. The van der Waals surface area contributed by atoms with E-state index in [4.69, 9.17) is 38.9 Å². The van der Waals surface area contributed by atoms with Gasteiger partial charge in [-0.3, -0.25) is 0 Å². The molecule has 0 aliphatic heterocycles. The molecule has 0 bridgehead atoms. The number of alkyl halides is 9. The second-order valence-corrected chi connectivity index (χ2v) is 6.81. The minimum absolute atomic E-state index is 0. The molecule has 23 heteroatoms. The Bertz CT molecular complexity index is 598. The SMILES string of the molecule is O.O=S(=O)([O-])C(F)(F)F.O=S(=O)([O-])C(F)(F)F.O=S(=O)([O-])C(F)(F)F.[Dy+3]. The van der Waals surface area contributed by atoms with E-state index in [9.17, 15) is 39.5 Å². The van der Waals surface area contributed by atoms with Crippen LogP contribution in [0.4, 0.5) is 39.5 Å². The summed E-state index contributed by atoms with van der Waals surface area (Å²) in [4.78, 5) is 0. The van der Waals surface area contributed by atoms with Gasteiger partial charge in [0.2, 0.25) is 0 Å². The van der Waals surface area contributed by atoms with Crippen LogP contribution in [0.25, 0.3) is 0 Å². The molecule has 0 spiro atoms. The van der Waals surface area contributed by atoms with Crippen LogP contribution in [0.1, 0.15) is 0 Å². The molecule has 0 aromatic rings. The molecule has 0 fully saturated rings. The first-order valence-electron chi connectivity index (χ1n) is 3.81. The van der Waals surface area contributed by atoms with E-state index in [1.807, 2.05) is 0 Å². The molecule has 0 amide bonds. The maximum absolute atomic E-state index is 10.7. The Morgan fingerprint density at radius 3 is 0.500 bits per heavy atom. The second kappa shape index (κ2) is 11.4. The molecule has 0 atom stereocenters. The van der Waals surface area contributed by atoms with Gasteiger partial charge in [-0.1, -0.05) is 0 Å². The van der Waals surface area contributed by atoms with Crippen LogP contribution in [0, 0.1) is 38.2 Å². The van der Waals surface area contributed by atoms with Crippen LogP contribution in [-0.2, 0) is 30.4 Å². The van der Waals surface area contributed by atoms with Gasteiger partial charge in [0.05, 0.1) is 0 Å². The van der Waals surface area contributed by atoms with E-state index in [0.29, 0.717) is 0 Å². The Balaban J connectivity index is -0.0000000817. The molecule has 0 aliphatic carbocycles. The summed E-state index contributed by atoms with van der Waals surface area (Å²) in [5, 5.41) is 0. The van der Waals surface area contributed by atoms with Crippen molar-refractivity contribution in [1.29, 1.82) is 0 Å². The van der Waals surface area contributed by atoms with E-state index in [0.717, 1.165) is 0 Å². The van der Waals surface area contributed by atoms with Crippen molar-refractivity contribution >= 4 is 30.4 Å². The molecule has 0 saturated carbocycles. The Morgan fingerprint density at radius 1 is 0.462 bits per heavy atom. The summed E-state index contributed by atoms with van der Waals surface area (Å²) in [5.41, 5.74) is -16.9. The van der Waals surface area contributed by atoms with Crippen molar-refractivity contribution in [2.24, 2.45) is 0 Å². The molecule has 26 heavy (non-hydrogen) atoms. The predicted molar refractivity (Wildman–Crippen MR) is 50.9 cm³/mol. The minimum Gasteiger partial charge on any atom is -0.741 e. The minimum atomic E-state index is -6.09. The molecular formula is C3H2DyF9O10S3. The van der Waals surface area contributed by atoms with Crippen molar-refractivity contribution in [3.63, 3.8) is 0 Å². The summed E-state index contributed by atoms with van der Waals surface area (Å²) in [6, 6.07) is 0. The third kappa shape index (κ3) is 17.7. The number of rotatable bonds is 0. The zero-order chi connectivity index (χ0) is 21.0. The van der Waals surface area contributed by atoms with E-state index in [1.54, 1.807) is 0 Å². The van der Waals surface area contributed by atoms with E-state index in [-0.39, 0.29) is 43.6 Å². The zero-order valence-electron chi connectivity index (χ0n) is 10.6. The van der Waals surface area contributed by atoms with Crippen LogP contribution in [-0.4, -0.2) is 60.9 Å². The molecule has 2 N–H and O–H groups in total. The molecule has 0 aromatic heterocycles. The van der Waals surface area contributed by atoms with E-state index in [1.165, 1.54) is 0 Å². The van der Waals surface area contributed by atoms with Crippen LogP contribution in [0.3, 0.4) is 0 Å².